The second-order valence-corrected chi connectivity index (χ2v) is 3.96. The van der Waals surface area contributed by atoms with E-state index in [9.17, 15) is 14.7 Å². The van der Waals surface area contributed by atoms with E-state index in [1.54, 1.807) is 13.8 Å². The Hall–Kier alpha value is -1.14. The first kappa shape index (κ1) is 12.9. The van der Waals surface area contributed by atoms with Gasteiger partial charge in [-0.15, -0.1) is 0 Å². The number of nitrogens with zero attached hydrogens (tertiary/aromatic N) is 1. The molecule has 16 heavy (non-hydrogen) atoms. The summed E-state index contributed by atoms with van der Waals surface area (Å²) in [5, 5.41) is 14.1. The van der Waals surface area contributed by atoms with Gasteiger partial charge in [-0.25, -0.2) is 4.79 Å². The van der Waals surface area contributed by atoms with E-state index < -0.39 is 6.03 Å². The van der Waals surface area contributed by atoms with Crippen molar-refractivity contribution < 1.29 is 14.7 Å². The molecule has 1 saturated heterocycles. The lowest BCUT2D eigenvalue weighted by atomic mass is 10.3. The van der Waals surface area contributed by atoms with Crippen molar-refractivity contribution in [1.82, 2.24) is 15.5 Å². The van der Waals surface area contributed by atoms with Crippen molar-refractivity contribution in [3.05, 3.63) is 0 Å². The zero-order valence-electron chi connectivity index (χ0n) is 9.69. The van der Waals surface area contributed by atoms with Gasteiger partial charge in [-0.3, -0.25) is 15.0 Å². The highest BCUT2D eigenvalue weighted by molar-refractivity contribution is 5.96. The standard InChI is InChI=1S/C10H19N3O3/c1-3-11-10(16)12-9(15)7(2)13-5-4-8(14)6-13/h7-8,14H,3-6H2,1-2H3,(H2,11,12,15,16)/t7?,8-/m0/s1. The third-order valence-corrected chi connectivity index (χ3v) is 2.70. The molecule has 0 aromatic heterocycles. The van der Waals surface area contributed by atoms with Crippen molar-refractivity contribution in [2.24, 2.45) is 0 Å². The van der Waals surface area contributed by atoms with Gasteiger partial charge in [-0.2, -0.15) is 0 Å². The Morgan fingerprint density at radius 1 is 1.56 bits per heavy atom. The Morgan fingerprint density at radius 3 is 2.75 bits per heavy atom. The molecule has 3 N–H and O–H groups in total. The average Bonchev–Trinajstić information content (AvgIpc) is 2.64. The van der Waals surface area contributed by atoms with Gasteiger partial charge in [0.15, 0.2) is 0 Å². The molecule has 0 saturated carbocycles. The highest BCUT2D eigenvalue weighted by atomic mass is 16.3. The summed E-state index contributed by atoms with van der Waals surface area (Å²) in [4.78, 5) is 24.6. The van der Waals surface area contributed by atoms with Crippen LogP contribution in [0.25, 0.3) is 0 Å². The van der Waals surface area contributed by atoms with Crippen LogP contribution in [0.1, 0.15) is 20.3 Å². The van der Waals surface area contributed by atoms with Gasteiger partial charge >= 0.3 is 6.03 Å². The first-order valence-electron chi connectivity index (χ1n) is 5.55. The van der Waals surface area contributed by atoms with Gasteiger partial charge in [0, 0.05) is 19.6 Å². The van der Waals surface area contributed by atoms with Crippen molar-refractivity contribution in [2.75, 3.05) is 19.6 Å². The average molecular weight is 229 g/mol. The Kier molecular flexibility index (Phi) is 4.70. The number of likely N-dealkylation sites (tertiary alicyclic amines) is 1. The van der Waals surface area contributed by atoms with Crippen LogP contribution in [0.5, 0.6) is 0 Å². The van der Waals surface area contributed by atoms with E-state index in [4.69, 9.17) is 0 Å². The summed E-state index contributed by atoms with van der Waals surface area (Å²) < 4.78 is 0. The van der Waals surface area contributed by atoms with E-state index in [1.165, 1.54) is 0 Å². The van der Waals surface area contributed by atoms with Crippen molar-refractivity contribution in [2.45, 2.75) is 32.4 Å². The van der Waals surface area contributed by atoms with E-state index in [0.29, 0.717) is 26.1 Å². The van der Waals surface area contributed by atoms with Gasteiger partial charge < -0.3 is 10.4 Å². The SMILES string of the molecule is CCNC(=O)NC(=O)C(C)N1CC[C@H](O)C1. The van der Waals surface area contributed by atoms with Crippen LogP contribution >= 0.6 is 0 Å². The Balaban J connectivity index is 2.38. The molecule has 1 aliphatic rings. The lowest BCUT2D eigenvalue weighted by Crippen LogP contribution is -2.49. The van der Waals surface area contributed by atoms with Gasteiger partial charge in [-0.05, 0) is 20.3 Å². The minimum Gasteiger partial charge on any atom is -0.392 e. The fraction of sp³-hybridized carbons (Fsp3) is 0.800. The number of urea groups is 1. The highest BCUT2D eigenvalue weighted by Gasteiger charge is 2.28. The number of rotatable bonds is 3. The molecule has 0 aliphatic carbocycles. The molecule has 1 aliphatic heterocycles. The number of amides is 3. The maximum Gasteiger partial charge on any atom is 0.321 e. The van der Waals surface area contributed by atoms with Crippen LogP contribution in [0, 0.1) is 0 Å². The topological polar surface area (TPSA) is 81.7 Å². The predicted molar refractivity (Wildman–Crippen MR) is 58.9 cm³/mol. The number of carbonyl (C=O) groups is 2. The minimum atomic E-state index is -0.473. The van der Waals surface area contributed by atoms with Crippen molar-refractivity contribution in [3.63, 3.8) is 0 Å². The van der Waals surface area contributed by atoms with Gasteiger partial charge in [0.05, 0.1) is 12.1 Å². The molecule has 0 spiro atoms. The van der Waals surface area contributed by atoms with E-state index in [-0.39, 0.29) is 18.1 Å². The van der Waals surface area contributed by atoms with Crippen molar-refractivity contribution >= 4 is 11.9 Å². The molecule has 0 aromatic rings. The largest absolute Gasteiger partial charge is 0.392 e. The summed E-state index contributed by atoms with van der Waals surface area (Å²) in [5.41, 5.74) is 0. The Labute approximate surface area is 95.0 Å². The van der Waals surface area contributed by atoms with Gasteiger partial charge in [0.2, 0.25) is 5.91 Å². The Bertz CT molecular complexity index is 270. The van der Waals surface area contributed by atoms with E-state index in [2.05, 4.69) is 10.6 Å². The summed E-state index contributed by atoms with van der Waals surface area (Å²) in [6, 6.07) is -0.862. The van der Waals surface area contributed by atoms with Crippen LogP contribution in [0.4, 0.5) is 4.79 Å². The molecule has 0 bridgehead atoms. The van der Waals surface area contributed by atoms with E-state index in [1.807, 2.05) is 4.90 Å². The molecule has 1 rings (SSSR count). The molecule has 6 heteroatoms. The molecule has 2 atom stereocenters. The second kappa shape index (κ2) is 5.81. The molecular weight excluding hydrogens is 210 g/mol. The number of nitrogens with one attached hydrogen (secondary N) is 2. The lowest BCUT2D eigenvalue weighted by Gasteiger charge is -2.22. The van der Waals surface area contributed by atoms with Crippen molar-refractivity contribution in [1.29, 1.82) is 0 Å². The first-order valence-corrected chi connectivity index (χ1v) is 5.55. The van der Waals surface area contributed by atoms with Crippen LogP contribution in [-0.2, 0) is 4.79 Å². The monoisotopic (exact) mass is 229 g/mol. The third-order valence-electron chi connectivity index (χ3n) is 2.70. The number of hydrogen-bond acceptors (Lipinski definition) is 4. The summed E-state index contributed by atoms with van der Waals surface area (Å²) in [6.07, 6.45) is 0.318. The molecule has 6 nitrogen and oxygen atoms in total. The fourth-order valence-electron chi connectivity index (χ4n) is 1.71. The summed E-state index contributed by atoms with van der Waals surface area (Å²) in [5.74, 6) is -0.333. The number of β-amino-alcohol motifs (C(OH)–C–C–N with tert-alkyl or cyclic N) is 1. The zero-order valence-corrected chi connectivity index (χ0v) is 9.69. The van der Waals surface area contributed by atoms with Gasteiger partial charge in [0.1, 0.15) is 0 Å². The van der Waals surface area contributed by atoms with Crippen LogP contribution in [-0.4, -0.2) is 53.7 Å². The maximum atomic E-state index is 11.6. The zero-order chi connectivity index (χ0) is 12.1. The van der Waals surface area contributed by atoms with Gasteiger partial charge in [0.25, 0.3) is 0 Å². The maximum absolute atomic E-state index is 11.6. The summed E-state index contributed by atoms with van der Waals surface area (Å²) >= 11 is 0. The summed E-state index contributed by atoms with van der Waals surface area (Å²) in [7, 11) is 0. The second-order valence-electron chi connectivity index (χ2n) is 3.96. The van der Waals surface area contributed by atoms with Crippen LogP contribution in [0.3, 0.4) is 0 Å². The lowest BCUT2D eigenvalue weighted by molar-refractivity contribution is -0.124. The summed E-state index contributed by atoms with van der Waals surface area (Å²) in [6.45, 7) is 5.17. The minimum absolute atomic E-state index is 0.333. The molecule has 3 amide bonds. The molecule has 92 valence electrons. The molecule has 1 unspecified atom stereocenters. The quantitative estimate of drug-likeness (QED) is 0.597. The van der Waals surface area contributed by atoms with Crippen LogP contribution in [0.15, 0.2) is 0 Å². The molecule has 0 aromatic carbocycles. The highest BCUT2D eigenvalue weighted by Crippen LogP contribution is 2.12. The predicted octanol–water partition coefficient (Wildman–Crippen LogP) is -0.713. The number of carbonyl (C=O) groups excluding carboxylic acids is 2. The molecule has 1 fully saturated rings. The molecule has 0 radical (unpaired) electrons. The normalized spacial score (nSPS) is 22.8. The van der Waals surface area contributed by atoms with Crippen LogP contribution < -0.4 is 10.6 Å². The van der Waals surface area contributed by atoms with Crippen molar-refractivity contribution in [3.8, 4) is 0 Å². The first-order chi connectivity index (χ1) is 7.54. The van der Waals surface area contributed by atoms with E-state index >= 15 is 0 Å². The smallest absolute Gasteiger partial charge is 0.321 e. The number of hydrogen-bond donors (Lipinski definition) is 3. The fourth-order valence-corrected chi connectivity index (χ4v) is 1.71. The van der Waals surface area contributed by atoms with Gasteiger partial charge in [-0.1, -0.05) is 0 Å². The third kappa shape index (κ3) is 3.46. The number of imide groups is 1. The number of aliphatic hydroxyl groups is 1. The van der Waals surface area contributed by atoms with E-state index in [0.717, 1.165) is 0 Å². The molecule has 1 heterocycles. The van der Waals surface area contributed by atoms with Crippen LogP contribution in [0.2, 0.25) is 0 Å². The Morgan fingerprint density at radius 2 is 2.25 bits per heavy atom. The molecular formula is C10H19N3O3. The number of aliphatic hydroxyl groups excluding tert-OH is 1.